The first kappa shape index (κ1) is 15.5. The van der Waals surface area contributed by atoms with Gasteiger partial charge in [0, 0.05) is 0 Å². The van der Waals surface area contributed by atoms with E-state index in [9.17, 15) is 4.79 Å². The first-order chi connectivity index (χ1) is 10.0. The summed E-state index contributed by atoms with van der Waals surface area (Å²) in [6, 6.07) is 7.95. The highest BCUT2D eigenvalue weighted by atomic mass is 16.5. The molecule has 2 aromatic rings. The minimum atomic E-state index is -0.765. The number of aromatic nitrogens is 2. The van der Waals surface area contributed by atoms with Gasteiger partial charge < -0.3 is 14.6 Å². The lowest BCUT2D eigenvalue weighted by molar-refractivity contribution is -0.151. The summed E-state index contributed by atoms with van der Waals surface area (Å²) in [6.45, 7) is 9.20. The zero-order chi connectivity index (χ0) is 15.5. The standard InChI is InChI=1S/C16H23N3O2/c1-5-17-16(4,15(20)21-6-2)11-19-12(3)18-13-9-7-8-10-14(13)19/h7-10,17H,5-6,11H2,1-4H3. The monoisotopic (exact) mass is 289 g/mol. The Morgan fingerprint density at radius 3 is 2.76 bits per heavy atom. The number of likely N-dealkylation sites (N-methyl/N-ethyl adjacent to an activating group) is 1. The minimum absolute atomic E-state index is 0.232. The number of benzene rings is 1. The predicted octanol–water partition coefficient (Wildman–Crippen LogP) is 2.28. The molecule has 1 unspecified atom stereocenters. The van der Waals surface area contributed by atoms with Gasteiger partial charge in [-0.15, -0.1) is 0 Å². The number of nitrogens with zero attached hydrogens (tertiary/aromatic N) is 2. The third kappa shape index (κ3) is 3.08. The number of fused-ring (bicyclic) bond motifs is 1. The van der Waals surface area contributed by atoms with Crippen molar-refractivity contribution in [1.29, 1.82) is 0 Å². The van der Waals surface area contributed by atoms with Gasteiger partial charge in [-0.3, -0.25) is 0 Å². The van der Waals surface area contributed by atoms with Crippen LogP contribution in [0.1, 0.15) is 26.6 Å². The van der Waals surface area contributed by atoms with Crippen LogP contribution in [-0.4, -0.2) is 34.2 Å². The Morgan fingerprint density at radius 1 is 1.38 bits per heavy atom. The van der Waals surface area contributed by atoms with Gasteiger partial charge in [0.1, 0.15) is 11.4 Å². The normalized spacial score (nSPS) is 14.1. The summed E-state index contributed by atoms with van der Waals surface area (Å²) in [5, 5.41) is 3.25. The van der Waals surface area contributed by atoms with Crippen molar-refractivity contribution in [3.05, 3.63) is 30.1 Å². The molecule has 0 radical (unpaired) electrons. The van der Waals surface area contributed by atoms with Crippen LogP contribution in [0.2, 0.25) is 0 Å². The molecule has 0 aliphatic heterocycles. The molecule has 0 saturated heterocycles. The van der Waals surface area contributed by atoms with Crippen molar-refractivity contribution in [2.24, 2.45) is 0 Å². The van der Waals surface area contributed by atoms with Crippen LogP contribution >= 0.6 is 0 Å². The van der Waals surface area contributed by atoms with Gasteiger partial charge in [0.25, 0.3) is 0 Å². The molecule has 1 atom stereocenters. The second-order valence-electron chi connectivity index (χ2n) is 5.32. The van der Waals surface area contributed by atoms with Crippen molar-refractivity contribution in [2.45, 2.75) is 39.8 Å². The molecule has 114 valence electrons. The van der Waals surface area contributed by atoms with E-state index in [-0.39, 0.29) is 5.97 Å². The fraction of sp³-hybridized carbons (Fsp3) is 0.500. The quantitative estimate of drug-likeness (QED) is 0.829. The van der Waals surface area contributed by atoms with Crippen molar-refractivity contribution in [1.82, 2.24) is 14.9 Å². The Bertz CT molecular complexity index is 635. The molecule has 1 N–H and O–H groups in total. The summed E-state index contributed by atoms with van der Waals surface area (Å²) in [7, 11) is 0. The average molecular weight is 289 g/mol. The number of esters is 1. The second kappa shape index (κ2) is 6.26. The lowest BCUT2D eigenvalue weighted by Crippen LogP contribution is -2.53. The molecule has 2 rings (SSSR count). The molecule has 0 amide bonds. The summed E-state index contributed by atoms with van der Waals surface area (Å²) in [6.07, 6.45) is 0. The lowest BCUT2D eigenvalue weighted by atomic mass is 10.0. The Balaban J connectivity index is 2.39. The van der Waals surface area contributed by atoms with Crippen LogP contribution in [-0.2, 0) is 16.1 Å². The summed E-state index contributed by atoms with van der Waals surface area (Å²) >= 11 is 0. The number of aryl methyl sites for hydroxylation is 1. The van der Waals surface area contributed by atoms with E-state index in [0.29, 0.717) is 19.7 Å². The fourth-order valence-electron chi connectivity index (χ4n) is 2.58. The van der Waals surface area contributed by atoms with Crippen LogP contribution < -0.4 is 5.32 Å². The predicted molar refractivity (Wildman–Crippen MR) is 83.2 cm³/mol. The summed E-state index contributed by atoms with van der Waals surface area (Å²) in [5.74, 6) is 0.661. The number of imidazole rings is 1. The number of hydrogen-bond donors (Lipinski definition) is 1. The molecule has 0 spiro atoms. The Hall–Kier alpha value is -1.88. The molecule has 0 aliphatic carbocycles. The highest BCUT2D eigenvalue weighted by Gasteiger charge is 2.35. The van der Waals surface area contributed by atoms with Crippen LogP contribution in [0.4, 0.5) is 0 Å². The maximum atomic E-state index is 12.3. The van der Waals surface area contributed by atoms with Crippen molar-refractivity contribution in [2.75, 3.05) is 13.2 Å². The lowest BCUT2D eigenvalue weighted by Gasteiger charge is -2.29. The molecule has 21 heavy (non-hydrogen) atoms. The van der Waals surface area contributed by atoms with E-state index in [2.05, 4.69) is 14.9 Å². The molecule has 0 aliphatic rings. The Labute approximate surface area is 125 Å². The third-order valence-corrected chi connectivity index (χ3v) is 3.61. The van der Waals surface area contributed by atoms with Gasteiger partial charge in [-0.25, -0.2) is 9.78 Å². The average Bonchev–Trinajstić information content (AvgIpc) is 2.76. The maximum Gasteiger partial charge on any atom is 0.327 e. The second-order valence-corrected chi connectivity index (χ2v) is 5.32. The summed E-state index contributed by atoms with van der Waals surface area (Å²) in [5.41, 5.74) is 1.21. The molecule has 1 heterocycles. The first-order valence-corrected chi connectivity index (χ1v) is 7.36. The molecular formula is C16H23N3O2. The van der Waals surface area contributed by atoms with E-state index >= 15 is 0 Å². The van der Waals surface area contributed by atoms with Crippen LogP contribution in [0.5, 0.6) is 0 Å². The zero-order valence-corrected chi connectivity index (χ0v) is 13.1. The number of nitrogens with one attached hydrogen (secondary N) is 1. The highest BCUT2D eigenvalue weighted by Crippen LogP contribution is 2.20. The van der Waals surface area contributed by atoms with Gasteiger partial charge in [-0.2, -0.15) is 0 Å². The van der Waals surface area contributed by atoms with Gasteiger partial charge in [0.15, 0.2) is 0 Å². The number of carbonyl (C=O) groups is 1. The van der Waals surface area contributed by atoms with Gasteiger partial charge in [-0.05, 0) is 39.4 Å². The molecular weight excluding hydrogens is 266 g/mol. The van der Waals surface area contributed by atoms with Gasteiger partial charge in [-0.1, -0.05) is 19.1 Å². The molecule has 1 aromatic carbocycles. The molecule has 5 nitrogen and oxygen atoms in total. The SMILES string of the molecule is CCNC(C)(Cn1c(C)nc2ccccc21)C(=O)OCC. The van der Waals surface area contributed by atoms with Crippen LogP contribution in [0, 0.1) is 6.92 Å². The van der Waals surface area contributed by atoms with Crippen molar-refractivity contribution in [3.63, 3.8) is 0 Å². The van der Waals surface area contributed by atoms with Gasteiger partial charge in [0.2, 0.25) is 0 Å². The molecule has 0 bridgehead atoms. The zero-order valence-electron chi connectivity index (χ0n) is 13.1. The summed E-state index contributed by atoms with van der Waals surface area (Å²) < 4.78 is 7.29. The molecule has 0 saturated carbocycles. The Morgan fingerprint density at radius 2 is 2.10 bits per heavy atom. The number of carbonyl (C=O) groups excluding carboxylic acids is 1. The van der Waals surface area contributed by atoms with Crippen molar-refractivity contribution in [3.8, 4) is 0 Å². The van der Waals surface area contributed by atoms with Crippen LogP contribution in [0.25, 0.3) is 11.0 Å². The van der Waals surface area contributed by atoms with Gasteiger partial charge in [0.05, 0.1) is 24.2 Å². The number of para-hydroxylation sites is 2. The number of hydrogen-bond acceptors (Lipinski definition) is 4. The highest BCUT2D eigenvalue weighted by molar-refractivity contribution is 5.81. The topological polar surface area (TPSA) is 56.2 Å². The number of rotatable bonds is 6. The van der Waals surface area contributed by atoms with E-state index in [1.807, 2.05) is 52.0 Å². The Kier molecular flexibility index (Phi) is 4.63. The fourth-order valence-corrected chi connectivity index (χ4v) is 2.58. The van der Waals surface area contributed by atoms with E-state index < -0.39 is 5.54 Å². The van der Waals surface area contributed by atoms with E-state index in [0.717, 1.165) is 16.9 Å². The van der Waals surface area contributed by atoms with E-state index in [1.165, 1.54) is 0 Å². The molecule has 5 heteroatoms. The van der Waals surface area contributed by atoms with Crippen molar-refractivity contribution >= 4 is 17.0 Å². The molecule has 0 fully saturated rings. The van der Waals surface area contributed by atoms with Crippen LogP contribution in [0.15, 0.2) is 24.3 Å². The third-order valence-electron chi connectivity index (χ3n) is 3.61. The number of ether oxygens (including phenoxy) is 1. The first-order valence-electron chi connectivity index (χ1n) is 7.36. The van der Waals surface area contributed by atoms with E-state index in [4.69, 9.17) is 4.74 Å². The molecule has 1 aromatic heterocycles. The van der Waals surface area contributed by atoms with Crippen molar-refractivity contribution < 1.29 is 9.53 Å². The van der Waals surface area contributed by atoms with E-state index in [1.54, 1.807) is 0 Å². The largest absolute Gasteiger partial charge is 0.465 e. The summed E-state index contributed by atoms with van der Waals surface area (Å²) in [4.78, 5) is 16.9. The minimum Gasteiger partial charge on any atom is -0.465 e. The van der Waals surface area contributed by atoms with Gasteiger partial charge >= 0.3 is 5.97 Å². The maximum absolute atomic E-state index is 12.3. The smallest absolute Gasteiger partial charge is 0.327 e. The van der Waals surface area contributed by atoms with Crippen LogP contribution in [0.3, 0.4) is 0 Å².